The van der Waals surface area contributed by atoms with E-state index in [2.05, 4.69) is 18.6 Å². The Morgan fingerprint density at radius 3 is 2.19 bits per heavy atom. The lowest BCUT2D eigenvalue weighted by Crippen LogP contribution is -2.59. The quantitative estimate of drug-likeness (QED) is 0.756. The predicted octanol–water partition coefficient (Wildman–Crippen LogP) is 1.12. The molecule has 0 aromatic heterocycles. The molecule has 1 aliphatic heterocycles. The average molecular weight is 344 g/mol. The van der Waals surface area contributed by atoms with Crippen LogP contribution in [0, 0.1) is 5.92 Å². The Labute approximate surface area is 135 Å². The maximum atomic E-state index is 12.5. The van der Waals surface area contributed by atoms with E-state index < -0.39 is 15.7 Å². The standard InChI is InChI=1S/C13H29N3O3S.ClH/c1-10(2)6-13(5,9-14)15-20(17,18)16-7-11(3)19-12(4)8-16;/h10-12,15H,6-9,14H2,1-5H3;1H. The zero-order valence-electron chi connectivity index (χ0n) is 13.6. The summed E-state index contributed by atoms with van der Waals surface area (Å²) in [5.41, 5.74) is 5.16. The van der Waals surface area contributed by atoms with Gasteiger partial charge >= 0.3 is 0 Å². The van der Waals surface area contributed by atoms with Crippen LogP contribution in [0.25, 0.3) is 0 Å². The summed E-state index contributed by atoms with van der Waals surface area (Å²) in [4.78, 5) is 0. The first-order chi connectivity index (χ1) is 9.08. The second-order valence-electron chi connectivity index (χ2n) is 6.54. The molecule has 0 saturated carbocycles. The van der Waals surface area contributed by atoms with Crippen molar-refractivity contribution >= 4 is 22.6 Å². The van der Waals surface area contributed by atoms with E-state index in [0.717, 1.165) is 0 Å². The van der Waals surface area contributed by atoms with Crippen molar-refractivity contribution in [2.24, 2.45) is 11.7 Å². The molecular weight excluding hydrogens is 314 g/mol. The molecule has 0 aromatic rings. The Morgan fingerprint density at radius 1 is 1.33 bits per heavy atom. The Hall–Kier alpha value is 0.0800. The van der Waals surface area contributed by atoms with E-state index in [1.165, 1.54) is 4.31 Å². The highest BCUT2D eigenvalue weighted by Gasteiger charge is 2.36. The van der Waals surface area contributed by atoms with Crippen LogP contribution in [0.4, 0.5) is 0 Å². The van der Waals surface area contributed by atoms with Crippen LogP contribution < -0.4 is 10.5 Å². The fourth-order valence-electron chi connectivity index (χ4n) is 2.77. The molecule has 1 saturated heterocycles. The van der Waals surface area contributed by atoms with Crippen molar-refractivity contribution < 1.29 is 13.2 Å². The SMILES string of the molecule is CC(C)CC(C)(CN)NS(=O)(=O)N1CC(C)OC(C)C1.Cl. The zero-order valence-corrected chi connectivity index (χ0v) is 15.3. The van der Waals surface area contributed by atoms with E-state index in [1.54, 1.807) is 0 Å². The van der Waals surface area contributed by atoms with Gasteiger partial charge in [-0.15, -0.1) is 12.4 Å². The second kappa shape index (κ2) is 8.08. The summed E-state index contributed by atoms with van der Waals surface area (Å²) < 4.78 is 34.9. The number of hydrogen-bond acceptors (Lipinski definition) is 4. The molecule has 1 heterocycles. The summed E-state index contributed by atoms with van der Waals surface area (Å²) in [7, 11) is -3.54. The summed E-state index contributed by atoms with van der Waals surface area (Å²) in [6, 6.07) is 0. The summed E-state index contributed by atoms with van der Waals surface area (Å²) >= 11 is 0. The van der Waals surface area contributed by atoms with Gasteiger partial charge < -0.3 is 10.5 Å². The predicted molar refractivity (Wildman–Crippen MR) is 87.8 cm³/mol. The smallest absolute Gasteiger partial charge is 0.280 e. The summed E-state index contributed by atoms with van der Waals surface area (Å²) in [6.07, 6.45) is 0.521. The number of nitrogens with one attached hydrogen (secondary N) is 1. The molecule has 1 fully saturated rings. The van der Waals surface area contributed by atoms with E-state index in [1.807, 2.05) is 20.8 Å². The summed E-state index contributed by atoms with van der Waals surface area (Å²) in [5, 5.41) is 0. The van der Waals surface area contributed by atoms with Crippen molar-refractivity contribution in [2.45, 2.75) is 58.8 Å². The van der Waals surface area contributed by atoms with E-state index in [0.29, 0.717) is 25.4 Å². The van der Waals surface area contributed by atoms with Crippen LogP contribution in [0.15, 0.2) is 0 Å². The third-order valence-corrected chi connectivity index (χ3v) is 5.14. The van der Waals surface area contributed by atoms with Crippen LogP contribution >= 0.6 is 12.4 Å². The first-order valence-electron chi connectivity index (χ1n) is 7.22. The topological polar surface area (TPSA) is 84.7 Å². The van der Waals surface area contributed by atoms with Gasteiger partial charge in [-0.05, 0) is 33.1 Å². The molecular formula is C13H30ClN3O3S. The molecule has 0 spiro atoms. The summed E-state index contributed by atoms with van der Waals surface area (Å²) in [6.45, 7) is 10.8. The van der Waals surface area contributed by atoms with E-state index in [4.69, 9.17) is 10.5 Å². The van der Waals surface area contributed by atoms with Gasteiger partial charge in [0.1, 0.15) is 0 Å². The lowest BCUT2D eigenvalue weighted by atomic mass is 9.92. The number of nitrogens with two attached hydrogens (primary N) is 1. The van der Waals surface area contributed by atoms with Crippen molar-refractivity contribution in [3.63, 3.8) is 0 Å². The molecule has 0 aliphatic carbocycles. The van der Waals surface area contributed by atoms with Gasteiger partial charge in [-0.25, -0.2) is 0 Å². The number of nitrogens with zero attached hydrogens (tertiary/aromatic N) is 1. The number of hydrogen-bond donors (Lipinski definition) is 2. The largest absolute Gasteiger partial charge is 0.373 e. The molecule has 128 valence electrons. The minimum absolute atomic E-state index is 0. The van der Waals surface area contributed by atoms with E-state index in [9.17, 15) is 8.42 Å². The third kappa shape index (κ3) is 6.38. The van der Waals surface area contributed by atoms with Crippen molar-refractivity contribution in [1.29, 1.82) is 0 Å². The third-order valence-electron chi connectivity index (χ3n) is 3.41. The van der Waals surface area contributed by atoms with E-state index >= 15 is 0 Å². The molecule has 1 rings (SSSR count). The van der Waals surface area contributed by atoms with Crippen molar-refractivity contribution in [1.82, 2.24) is 9.03 Å². The Kier molecular flexibility index (Phi) is 8.11. The molecule has 0 radical (unpaired) electrons. The minimum Gasteiger partial charge on any atom is -0.373 e. The van der Waals surface area contributed by atoms with Gasteiger partial charge in [-0.2, -0.15) is 17.4 Å². The Morgan fingerprint density at radius 2 is 1.81 bits per heavy atom. The van der Waals surface area contributed by atoms with Crippen LogP contribution in [0.5, 0.6) is 0 Å². The van der Waals surface area contributed by atoms with Crippen LogP contribution in [0.2, 0.25) is 0 Å². The van der Waals surface area contributed by atoms with Crippen LogP contribution in [0.1, 0.15) is 41.0 Å². The highest BCUT2D eigenvalue weighted by Crippen LogP contribution is 2.20. The second-order valence-corrected chi connectivity index (χ2v) is 8.21. The van der Waals surface area contributed by atoms with Gasteiger partial charge in [-0.3, -0.25) is 0 Å². The first kappa shape index (κ1) is 21.1. The number of ether oxygens (including phenoxy) is 1. The number of halogens is 1. The molecule has 0 aromatic carbocycles. The molecule has 6 nitrogen and oxygen atoms in total. The lowest BCUT2D eigenvalue weighted by molar-refractivity contribution is -0.0446. The number of rotatable bonds is 6. The van der Waals surface area contributed by atoms with Crippen LogP contribution in [0.3, 0.4) is 0 Å². The summed E-state index contributed by atoms with van der Waals surface area (Å²) in [5.74, 6) is 0.369. The average Bonchev–Trinajstić information content (AvgIpc) is 2.25. The fraction of sp³-hybridized carbons (Fsp3) is 1.00. The van der Waals surface area contributed by atoms with Crippen molar-refractivity contribution in [2.75, 3.05) is 19.6 Å². The highest BCUT2D eigenvalue weighted by atomic mass is 35.5. The van der Waals surface area contributed by atoms with Crippen molar-refractivity contribution in [3.05, 3.63) is 0 Å². The minimum atomic E-state index is -3.54. The van der Waals surface area contributed by atoms with E-state index in [-0.39, 0.29) is 31.2 Å². The molecule has 1 aliphatic rings. The van der Waals surface area contributed by atoms with Gasteiger partial charge in [0.25, 0.3) is 10.2 Å². The Balaban J connectivity index is 0.00000400. The molecule has 3 atom stereocenters. The molecule has 21 heavy (non-hydrogen) atoms. The maximum Gasteiger partial charge on any atom is 0.280 e. The molecule has 3 N–H and O–H groups in total. The van der Waals surface area contributed by atoms with Crippen LogP contribution in [-0.4, -0.2) is 50.1 Å². The monoisotopic (exact) mass is 343 g/mol. The Bertz CT molecular complexity index is 409. The van der Waals surface area contributed by atoms with Gasteiger partial charge in [-0.1, -0.05) is 13.8 Å². The van der Waals surface area contributed by atoms with Gasteiger partial charge in [0.05, 0.1) is 12.2 Å². The van der Waals surface area contributed by atoms with Gasteiger partial charge in [0.2, 0.25) is 0 Å². The molecule has 0 amide bonds. The molecule has 0 bridgehead atoms. The zero-order chi connectivity index (χ0) is 15.6. The number of morpholine rings is 1. The first-order valence-corrected chi connectivity index (χ1v) is 8.66. The lowest BCUT2D eigenvalue weighted by Gasteiger charge is -2.38. The fourth-order valence-corrected chi connectivity index (χ4v) is 4.50. The molecule has 3 unspecified atom stereocenters. The molecule has 8 heteroatoms. The van der Waals surface area contributed by atoms with Crippen LogP contribution in [-0.2, 0) is 14.9 Å². The van der Waals surface area contributed by atoms with Gasteiger partial charge in [0.15, 0.2) is 0 Å². The normalized spacial score (nSPS) is 27.2. The van der Waals surface area contributed by atoms with Gasteiger partial charge in [0, 0.05) is 25.2 Å². The maximum absolute atomic E-state index is 12.5. The highest BCUT2D eigenvalue weighted by molar-refractivity contribution is 7.87. The van der Waals surface area contributed by atoms with Crippen molar-refractivity contribution in [3.8, 4) is 0 Å².